The minimum absolute atomic E-state index is 0.620. The second-order valence-corrected chi connectivity index (χ2v) is 7.84. The fourth-order valence-electron chi connectivity index (χ4n) is 3.68. The van der Waals surface area contributed by atoms with Gasteiger partial charge in [-0.15, -0.1) is 0 Å². The molecule has 1 aliphatic heterocycles. The highest BCUT2D eigenvalue weighted by Gasteiger charge is 2.34. The van der Waals surface area contributed by atoms with Gasteiger partial charge in [-0.3, -0.25) is 4.90 Å². The van der Waals surface area contributed by atoms with Crippen LogP contribution in [-0.4, -0.2) is 33.2 Å². The number of halogens is 1. The molecule has 2 aromatic carbocycles. The number of aliphatic hydroxyl groups is 1. The van der Waals surface area contributed by atoms with Crippen molar-refractivity contribution < 1.29 is 9.63 Å². The number of aromatic nitrogens is 2. The molecule has 0 amide bonds. The monoisotopic (exact) mass is 397 g/mol. The smallest absolute Gasteiger partial charge is 0.240 e. The molecule has 0 atom stereocenters. The molecular weight excluding hydrogens is 374 g/mol. The van der Waals surface area contributed by atoms with Gasteiger partial charge in [-0.1, -0.05) is 59.2 Å². The first kappa shape index (κ1) is 19.1. The van der Waals surface area contributed by atoms with Gasteiger partial charge in [0.05, 0.1) is 12.1 Å². The Morgan fingerprint density at radius 3 is 2.43 bits per heavy atom. The van der Waals surface area contributed by atoms with Gasteiger partial charge in [0.1, 0.15) is 0 Å². The summed E-state index contributed by atoms with van der Waals surface area (Å²) in [5, 5.41) is 15.8. The quantitative estimate of drug-likeness (QED) is 0.681. The molecule has 0 unspecified atom stereocenters. The van der Waals surface area contributed by atoms with Crippen LogP contribution in [0.15, 0.2) is 59.1 Å². The van der Waals surface area contributed by atoms with Crippen molar-refractivity contribution in [3.8, 4) is 0 Å². The Hall–Kier alpha value is -2.21. The summed E-state index contributed by atoms with van der Waals surface area (Å²) in [6.07, 6.45) is 3.01. The fraction of sp³-hybridized carbons (Fsp3) is 0.364. The van der Waals surface area contributed by atoms with Gasteiger partial charge < -0.3 is 9.63 Å². The van der Waals surface area contributed by atoms with Crippen LogP contribution in [0.2, 0.25) is 5.02 Å². The van der Waals surface area contributed by atoms with Crippen molar-refractivity contribution in [3.63, 3.8) is 0 Å². The highest BCUT2D eigenvalue weighted by Crippen LogP contribution is 2.33. The largest absolute Gasteiger partial charge is 0.385 e. The zero-order valence-corrected chi connectivity index (χ0v) is 16.5. The zero-order chi connectivity index (χ0) is 19.4. The van der Waals surface area contributed by atoms with Crippen LogP contribution in [0, 0.1) is 0 Å². The molecule has 0 bridgehead atoms. The average molecular weight is 398 g/mol. The molecule has 0 aliphatic carbocycles. The molecule has 1 aliphatic rings. The number of rotatable bonds is 6. The van der Waals surface area contributed by atoms with E-state index in [1.54, 1.807) is 0 Å². The van der Waals surface area contributed by atoms with Crippen LogP contribution in [0.5, 0.6) is 0 Å². The summed E-state index contributed by atoms with van der Waals surface area (Å²) >= 11 is 5.96. The molecule has 4 rings (SSSR count). The Bertz CT molecular complexity index is 888. The first-order chi connectivity index (χ1) is 13.6. The van der Waals surface area contributed by atoms with Crippen molar-refractivity contribution in [3.05, 3.63) is 82.5 Å². The minimum Gasteiger partial charge on any atom is -0.385 e. The lowest BCUT2D eigenvalue weighted by molar-refractivity contribution is -0.0295. The van der Waals surface area contributed by atoms with Gasteiger partial charge >= 0.3 is 0 Å². The number of nitrogens with zero attached hydrogens (tertiary/aromatic N) is 3. The van der Waals surface area contributed by atoms with E-state index in [0.717, 1.165) is 37.3 Å². The molecule has 0 spiro atoms. The molecule has 1 N–H and O–H groups in total. The number of aryl methyl sites for hydroxylation is 2. The summed E-state index contributed by atoms with van der Waals surface area (Å²) in [5.74, 6) is 1.38. The first-order valence-electron chi connectivity index (χ1n) is 9.67. The Morgan fingerprint density at radius 1 is 1.00 bits per heavy atom. The number of benzene rings is 2. The van der Waals surface area contributed by atoms with E-state index in [0.29, 0.717) is 30.3 Å². The second kappa shape index (κ2) is 8.43. The van der Waals surface area contributed by atoms with Gasteiger partial charge in [-0.25, -0.2) is 0 Å². The van der Waals surface area contributed by atoms with Crippen LogP contribution < -0.4 is 0 Å². The number of piperidine rings is 1. The normalized spacial score (nSPS) is 16.9. The van der Waals surface area contributed by atoms with E-state index in [2.05, 4.69) is 27.2 Å². The third-order valence-electron chi connectivity index (χ3n) is 5.41. The molecule has 3 aromatic rings. The molecule has 1 aromatic heterocycles. The fourth-order valence-corrected chi connectivity index (χ4v) is 3.80. The van der Waals surface area contributed by atoms with Gasteiger partial charge in [0, 0.05) is 24.5 Å². The van der Waals surface area contributed by atoms with Crippen LogP contribution >= 0.6 is 11.6 Å². The highest BCUT2D eigenvalue weighted by molar-refractivity contribution is 6.30. The van der Waals surface area contributed by atoms with Crippen LogP contribution in [0.3, 0.4) is 0 Å². The predicted molar refractivity (Wildman–Crippen MR) is 108 cm³/mol. The molecule has 0 radical (unpaired) electrons. The summed E-state index contributed by atoms with van der Waals surface area (Å²) in [6.45, 7) is 2.18. The Balaban J connectivity index is 1.29. The van der Waals surface area contributed by atoms with E-state index >= 15 is 0 Å². The predicted octanol–water partition coefficient (Wildman–Crippen LogP) is 3.99. The molecule has 146 valence electrons. The average Bonchev–Trinajstić information content (AvgIpc) is 3.17. The van der Waals surface area contributed by atoms with Crippen molar-refractivity contribution in [2.75, 3.05) is 13.1 Å². The van der Waals surface area contributed by atoms with E-state index in [4.69, 9.17) is 16.1 Å². The zero-order valence-electron chi connectivity index (χ0n) is 15.7. The summed E-state index contributed by atoms with van der Waals surface area (Å²) in [4.78, 5) is 6.78. The van der Waals surface area contributed by atoms with Crippen LogP contribution in [0.4, 0.5) is 0 Å². The van der Waals surface area contributed by atoms with Crippen LogP contribution in [-0.2, 0) is 25.0 Å². The van der Waals surface area contributed by atoms with Crippen molar-refractivity contribution in [1.29, 1.82) is 0 Å². The minimum atomic E-state index is -0.795. The summed E-state index contributed by atoms with van der Waals surface area (Å²) < 4.78 is 5.43. The third kappa shape index (κ3) is 4.61. The SMILES string of the molecule is OC1(c2ccc(Cl)cc2)CCN(Cc2nc(CCc3ccccc3)no2)CC1. The Morgan fingerprint density at radius 2 is 1.71 bits per heavy atom. The summed E-state index contributed by atoms with van der Waals surface area (Å²) in [7, 11) is 0. The maximum absolute atomic E-state index is 11.0. The summed E-state index contributed by atoms with van der Waals surface area (Å²) in [5.41, 5.74) is 1.40. The van der Waals surface area contributed by atoms with Crippen molar-refractivity contribution in [1.82, 2.24) is 15.0 Å². The standard InChI is InChI=1S/C22H24ClN3O2/c23-19-9-7-18(8-10-19)22(27)12-14-26(15-13-22)16-21-24-20(25-28-21)11-6-17-4-2-1-3-5-17/h1-5,7-10,27H,6,11-16H2. The van der Waals surface area contributed by atoms with E-state index in [9.17, 15) is 5.11 Å². The topological polar surface area (TPSA) is 62.4 Å². The molecule has 1 saturated heterocycles. The van der Waals surface area contributed by atoms with Crippen molar-refractivity contribution in [2.24, 2.45) is 0 Å². The van der Waals surface area contributed by atoms with Crippen molar-refractivity contribution >= 4 is 11.6 Å². The van der Waals surface area contributed by atoms with Crippen molar-refractivity contribution in [2.45, 2.75) is 37.8 Å². The lowest BCUT2D eigenvalue weighted by Gasteiger charge is -2.38. The molecule has 28 heavy (non-hydrogen) atoms. The van der Waals surface area contributed by atoms with E-state index in [1.165, 1.54) is 5.56 Å². The Labute approximate surface area is 170 Å². The van der Waals surface area contributed by atoms with Gasteiger partial charge in [-0.05, 0) is 42.5 Å². The Kier molecular flexibility index (Phi) is 5.76. The van der Waals surface area contributed by atoms with Gasteiger partial charge in [0.2, 0.25) is 5.89 Å². The third-order valence-corrected chi connectivity index (χ3v) is 5.67. The number of hydrogen-bond acceptors (Lipinski definition) is 5. The van der Waals surface area contributed by atoms with E-state index < -0.39 is 5.60 Å². The number of hydrogen-bond donors (Lipinski definition) is 1. The van der Waals surface area contributed by atoms with Crippen LogP contribution in [0.25, 0.3) is 0 Å². The summed E-state index contributed by atoms with van der Waals surface area (Å²) in [6, 6.07) is 17.8. The van der Waals surface area contributed by atoms with Crippen LogP contribution in [0.1, 0.15) is 35.7 Å². The molecule has 2 heterocycles. The van der Waals surface area contributed by atoms with Gasteiger partial charge in [-0.2, -0.15) is 4.98 Å². The highest BCUT2D eigenvalue weighted by atomic mass is 35.5. The molecule has 6 heteroatoms. The van der Waals surface area contributed by atoms with Gasteiger partial charge in [0.15, 0.2) is 5.82 Å². The van der Waals surface area contributed by atoms with Gasteiger partial charge in [0.25, 0.3) is 0 Å². The molecule has 0 saturated carbocycles. The maximum atomic E-state index is 11.0. The molecular formula is C22H24ClN3O2. The number of likely N-dealkylation sites (tertiary alicyclic amines) is 1. The maximum Gasteiger partial charge on any atom is 0.240 e. The lowest BCUT2D eigenvalue weighted by Crippen LogP contribution is -2.42. The van der Waals surface area contributed by atoms with E-state index in [-0.39, 0.29) is 0 Å². The first-order valence-corrected chi connectivity index (χ1v) is 10.0. The lowest BCUT2D eigenvalue weighted by atomic mass is 9.84. The van der Waals surface area contributed by atoms with E-state index in [1.807, 2.05) is 42.5 Å². The molecule has 5 nitrogen and oxygen atoms in total. The second-order valence-electron chi connectivity index (χ2n) is 7.40. The molecule has 1 fully saturated rings.